The van der Waals surface area contributed by atoms with Gasteiger partial charge in [-0.3, -0.25) is 4.90 Å². The van der Waals surface area contributed by atoms with Crippen LogP contribution < -0.4 is 0 Å². The molecule has 0 bridgehead atoms. The van der Waals surface area contributed by atoms with E-state index < -0.39 is 0 Å². The lowest BCUT2D eigenvalue weighted by Crippen LogP contribution is -2.47. The van der Waals surface area contributed by atoms with Crippen LogP contribution in [0.3, 0.4) is 0 Å². The van der Waals surface area contributed by atoms with Crippen LogP contribution in [0.25, 0.3) is 0 Å². The van der Waals surface area contributed by atoms with Gasteiger partial charge in [0.1, 0.15) is 0 Å². The van der Waals surface area contributed by atoms with Gasteiger partial charge in [-0.2, -0.15) is 0 Å². The van der Waals surface area contributed by atoms with E-state index >= 15 is 0 Å². The molecule has 0 saturated carbocycles. The highest BCUT2D eigenvalue weighted by Crippen LogP contribution is 2.20. The Bertz CT molecular complexity index is 475. The first-order chi connectivity index (χ1) is 10.8. The highest BCUT2D eigenvalue weighted by atomic mass is 32.2. The van der Waals surface area contributed by atoms with Gasteiger partial charge in [0, 0.05) is 44.2 Å². The van der Waals surface area contributed by atoms with Crippen molar-refractivity contribution in [2.45, 2.75) is 30.7 Å². The molecule has 1 fully saturated rings. The number of rotatable bonds is 5. The third-order valence-corrected chi connectivity index (χ3v) is 5.67. The predicted octanol–water partition coefficient (Wildman–Crippen LogP) is 3.88. The van der Waals surface area contributed by atoms with Crippen molar-refractivity contribution in [2.75, 3.05) is 39.0 Å². The first-order valence-corrected chi connectivity index (χ1v) is 9.78. The zero-order valence-corrected chi connectivity index (χ0v) is 14.5. The summed E-state index contributed by atoms with van der Waals surface area (Å²) in [4.78, 5) is 6.64. The standard InChI is InChI=1S/C19H28N2S/c1-22-19-9-7-18(8-10-19)16-21-13-11-20(12-14-21)15-17-5-3-2-4-6-17/h2-3,7-10,17H,4-6,11-16H2,1H3. The molecule has 0 amide bonds. The normalized spacial score (nSPS) is 23.8. The van der Waals surface area contributed by atoms with E-state index in [1.807, 2.05) is 11.8 Å². The molecule has 1 saturated heterocycles. The molecular formula is C19H28N2S. The highest BCUT2D eigenvalue weighted by Gasteiger charge is 2.20. The molecule has 1 aromatic carbocycles. The lowest BCUT2D eigenvalue weighted by Gasteiger charge is -2.36. The van der Waals surface area contributed by atoms with Crippen LogP contribution in [0.5, 0.6) is 0 Å². The second-order valence-electron chi connectivity index (χ2n) is 6.58. The zero-order chi connectivity index (χ0) is 15.2. The largest absolute Gasteiger partial charge is 0.301 e. The molecule has 2 nitrogen and oxygen atoms in total. The van der Waals surface area contributed by atoms with Crippen LogP contribution in [0.4, 0.5) is 0 Å². The van der Waals surface area contributed by atoms with E-state index in [-0.39, 0.29) is 0 Å². The van der Waals surface area contributed by atoms with Crippen LogP contribution in [0, 0.1) is 5.92 Å². The molecule has 22 heavy (non-hydrogen) atoms. The summed E-state index contributed by atoms with van der Waals surface area (Å²) in [5.41, 5.74) is 1.45. The molecule has 1 aliphatic heterocycles. The number of piperazine rings is 1. The summed E-state index contributed by atoms with van der Waals surface area (Å²) in [5, 5.41) is 0. The Kier molecular flexibility index (Phi) is 5.99. The topological polar surface area (TPSA) is 6.48 Å². The van der Waals surface area contributed by atoms with Crippen molar-refractivity contribution in [2.24, 2.45) is 5.92 Å². The minimum Gasteiger partial charge on any atom is -0.301 e. The van der Waals surface area contributed by atoms with Crippen molar-refractivity contribution in [3.8, 4) is 0 Å². The van der Waals surface area contributed by atoms with Gasteiger partial charge in [-0.15, -0.1) is 11.8 Å². The van der Waals surface area contributed by atoms with Crippen molar-refractivity contribution in [3.63, 3.8) is 0 Å². The minimum atomic E-state index is 0.899. The minimum absolute atomic E-state index is 0.899. The monoisotopic (exact) mass is 316 g/mol. The molecule has 1 aromatic rings. The number of benzene rings is 1. The van der Waals surface area contributed by atoms with Crippen LogP contribution in [0.15, 0.2) is 41.3 Å². The Hall–Kier alpha value is -0.770. The summed E-state index contributed by atoms with van der Waals surface area (Å²) in [7, 11) is 0. The summed E-state index contributed by atoms with van der Waals surface area (Å²) in [5.74, 6) is 0.899. The second kappa shape index (κ2) is 8.19. The fourth-order valence-electron chi connectivity index (χ4n) is 3.51. The van der Waals surface area contributed by atoms with E-state index in [0.29, 0.717) is 0 Å². The smallest absolute Gasteiger partial charge is 0.0234 e. The van der Waals surface area contributed by atoms with Crippen molar-refractivity contribution >= 4 is 11.8 Å². The molecule has 3 heteroatoms. The Morgan fingerprint density at radius 1 is 1.00 bits per heavy atom. The first-order valence-electron chi connectivity index (χ1n) is 8.56. The third-order valence-electron chi connectivity index (χ3n) is 4.92. The van der Waals surface area contributed by atoms with E-state index in [2.05, 4.69) is 52.5 Å². The maximum atomic E-state index is 2.68. The Morgan fingerprint density at radius 2 is 1.73 bits per heavy atom. The van der Waals surface area contributed by atoms with Crippen LogP contribution >= 0.6 is 11.8 Å². The summed E-state index contributed by atoms with van der Waals surface area (Å²) in [6, 6.07) is 9.05. The van der Waals surface area contributed by atoms with Gasteiger partial charge >= 0.3 is 0 Å². The van der Waals surface area contributed by atoms with Gasteiger partial charge in [-0.1, -0.05) is 24.3 Å². The quantitative estimate of drug-likeness (QED) is 0.601. The van der Waals surface area contributed by atoms with Crippen molar-refractivity contribution in [3.05, 3.63) is 42.0 Å². The lowest BCUT2D eigenvalue weighted by atomic mass is 9.94. The summed E-state index contributed by atoms with van der Waals surface area (Å²) >= 11 is 1.82. The van der Waals surface area contributed by atoms with Gasteiger partial charge in [0.05, 0.1) is 0 Å². The molecule has 1 unspecified atom stereocenters. The van der Waals surface area contributed by atoms with Gasteiger partial charge in [-0.25, -0.2) is 0 Å². The van der Waals surface area contributed by atoms with Gasteiger partial charge in [0.25, 0.3) is 0 Å². The zero-order valence-electron chi connectivity index (χ0n) is 13.7. The lowest BCUT2D eigenvalue weighted by molar-refractivity contribution is 0.111. The highest BCUT2D eigenvalue weighted by molar-refractivity contribution is 7.98. The average molecular weight is 317 g/mol. The Morgan fingerprint density at radius 3 is 2.36 bits per heavy atom. The van der Waals surface area contributed by atoms with Gasteiger partial charge in [-0.05, 0) is 49.1 Å². The van der Waals surface area contributed by atoms with E-state index in [0.717, 1.165) is 12.5 Å². The van der Waals surface area contributed by atoms with Crippen LogP contribution in [-0.4, -0.2) is 48.8 Å². The van der Waals surface area contributed by atoms with E-state index in [1.165, 1.54) is 62.4 Å². The van der Waals surface area contributed by atoms with Crippen LogP contribution in [0.1, 0.15) is 24.8 Å². The Balaban J connectivity index is 1.42. The molecule has 2 aliphatic rings. The van der Waals surface area contributed by atoms with E-state index in [4.69, 9.17) is 0 Å². The maximum Gasteiger partial charge on any atom is 0.0234 e. The number of nitrogens with zero attached hydrogens (tertiary/aromatic N) is 2. The SMILES string of the molecule is CSc1ccc(CN2CCN(CC3CC=CCC3)CC2)cc1. The van der Waals surface area contributed by atoms with Crippen molar-refractivity contribution in [1.29, 1.82) is 0 Å². The Labute approximate surface area is 139 Å². The molecule has 0 spiro atoms. The molecule has 0 N–H and O–H groups in total. The molecule has 3 rings (SSSR count). The second-order valence-corrected chi connectivity index (χ2v) is 7.45. The summed E-state index contributed by atoms with van der Waals surface area (Å²) in [6.45, 7) is 7.32. The maximum absolute atomic E-state index is 2.68. The molecule has 120 valence electrons. The van der Waals surface area contributed by atoms with E-state index in [9.17, 15) is 0 Å². The van der Waals surface area contributed by atoms with Gasteiger partial charge < -0.3 is 4.90 Å². The number of hydrogen-bond acceptors (Lipinski definition) is 3. The molecule has 1 atom stereocenters. The van der Waals surface area contributed by atoms with Crippen molar-refractivity contribution in [1.82, 2.24) is 9.80 Å². The summed E-state index contributed by atoms with van der Waals surface area (Å²) in [6.07, 6.45) is 10.8. The third kappa shape index (κ3) is 4.61. The van der Waals surface area contributed by atoms with Gasteiger partial charge in [0.2, 0.25) is 0 Å². The van der Waals surface area contributed by atoms with Crippen LogP contribution in [-0.2, 0) is 6.54 Å². The fourth-order valence-corrected chi connectivity index (χ4v) is 3.91. The first kappa shape index (κ1) is 16.1. The van der Waals surface area contributed by atoms with Gasteiger partial charge in [0.15, 0.2) is 0 Å². The van der Waals surface area contributed by atoms with Crippen LogP contribution in [0.2, 0.25) is 0 Å². The summed E-state index contributed by atoms with van der Waals surface area (Å²) < 4.78 is 0. The number of thioether (sulfide) groups is 1. The fraction of sp³-hybridized carbons (Fsp3) is 0.579. The molecule has 1 heterocycles. The van der Waals surface area contributed by atoms with E-state index in [1.54, 1.807) is 0 Å². The molecule has 0 radical (unpaired) electrons. The number of hydrogen-bond donors (Lipinski definition) is 0. The average Bonchev–Trinajstić information content (AvgIpc) is 2.58. The van der Waals surface area contributed by atoms with Crippen molar-refractivity contribution < 1.29 is 0 Å². The molecule has 0 aromatic heterocycles. The molecule has 1 aliphatic carbocycles. The predicted molar refractivity (Wildman–Crippen MR) is 96.4 cm³/mol. The number of allylic oxidation sites excluding steroid dienone is 2. The molecular weight excluding hydrogens is 288 g/mol.